The van der Waals surface area contributed by atoms with Gasteiger partial charge < -0.3 is 14.8 Å². The average molecular weight is 279 g/mol. The van der Waals surface area contributed by atoms with E-state index in [2.05, 4.69) is 12.2 Å². The van der Waals surface area contributed by atoms with Crippen LogP contribution < -0.4 is 10.1 Å². The van der Waals surface area contributed by atoms with Gasteiger partial charge in [0.25, 0.3) is 0 Å². The molecule has 112 valence electrons. The second kappa shape index (κ2) is 8.59. The highest BCUT2D eigenvalue weighted by molar-refractivity contribution is 5.77. The minimum atomic E-state index is -0.414. The third-order valence-electron chi connectivity index (χ3n) is 2.71. The van der Waals surface area contributed by atoms with E-state index in [0.29, 0.717) is 6.61 Å². The van der Waals surface area contributed by atoms with Crippen LogP contribution in [0.4, 0.5) is 0 Å². The maximum absolute atomic E-state index is 12.0. The molecule has 0 heterocycles. The third-order valence-corrected chi connectivity index (χ3v) is 2.71. The van der Waals surface area contributed by atoms with Crippen molar-refractivity contribution < 1.29 is 14.3 Å². The lowest BCUT2D eigenvalue weighted by molar-refractivity contribution is -0.145. The molecular formula is C16H25NO3. The van der Waals surface area contributed by atoms with Gasteiger partial charge in [0.2, 0.25) is 0 Å². The largest absolute Gasteiger partial charge is 0.491 e. The Kier molecular flexibility index (Phi) is 7.09. The van der Waals surface area contributed by atoms with Crippen LogP contribution in [0, 0.1) is 0 Å². The standard InChI is InChI=1S/C16H25NO3/c1-5-11-17-15(16(18)19-6-2)13-7-9-14(10-8-13)20-12(3)4/h7-10,12,15,17H,5-6,11H2,1-4H3. The number of carbonyl (C=O) groups is 1. The first-order valence-corrected chi connectivity index (χ1v) is 7.25. The van der Waals surface area contributed by atoms with Gasteiger partial charge in [-0.1, -0.05) is 19.1 Å². The summed E-state index contributed by atoms with van der Waals surface area (Å²) in [5.41, 5.74) is 0.896. The van der Waals surface area contributed by atoms with E-state index in [0.717, 1.165) is 24.3 Å². The second-order valence-electron chi connectivity index (χ2n) is 4.87. The van der Waals surface area contributed by atoms with Gasteiger partial charge in [0.15, 0.2) is 0 Å². The van der Waals surface area contributed by atoms with Crippen molar-refractivity contribution in [3.8, 4) is 5.75 Å². The lowest BCUT2D eigenvalue weighted by Crippen LogP contribution is -2.30. The van der Waals surface area contributed by atoms with E-state index in [1.165, 1.54) is 0 Å². The summed E-state index contributed by atoms with van der Waals surface area (Å²) in [5, 5.41) is 3.22. The lowest BCUT2D eigenvalue weighted by atomic mass is 10.1. The molecule has 1 N–H and O–H groups in total. The number of hydrogen-bond donors (Lipinski definition) is 1. The van der Waals surface area contributed by atoms with Crippen LogP contribution >= 0.6 is 0 Å². The molecule has 0 bridgehead atoms. The number of benzene rings is 1. The fourth-order valence-electron chi connectivity index (χ4n) is 1.86. The summed E-state index contributed by atoms with van der Waals surface area (Å²) >= 11 is 0. The molecule has 0 amide bonds. The maximum Gasteiger partial charge on any atom is 0.327 e. The summed E-state index contributed by atoms with van der Waals surface area (Å²) < 4.78 is 10.7. The van der Waals surface area contributed by atoms with Crippen molar-refractivity contribution in [1.29, 1.82) is 0 Å². The highest BCUT2D eigenvalue weighted by atomic mass is 16.5. The van der Waals surface area contributed by atoms with Crippen molar-refractivity contribution in [1.82, 2.24) is 5.32 Å². The van der Waals surface area contributed by atoms with E-state index in [9.17, 15) is 4.79 Å². The van der Waals surface area contributed by atoms with Crippen LogP contribution in [0.15, 0.2) is 24.3 Å². The molecular weight excluding hydrogens is 254 g/mol. The molecule has 0 saturated carbocycles. The van der Waals surface area contributed by atoms with E-state index in [-0.39, 0.29) is 12.1 Å². The number of ether oxygens (including phenoxy) is 2. The number of rotatable bonds is 8. The fourth-order valence-corrected chi connectivity index (χ4v) is 1.86. The molecule has 1 aromatic carbocycles. The SMILES string of the molecule is CCCNC(C(=O)OCC)c1ccc(OC(C)C)cc1. The summed E-state index contributed by atoms with van der Waals surface area (Å²) in [6.45, 7) is 9.00. The molecule has 1 atom stereocenters. The van der Waals surface area contributed by atoms with E-state index in [1.807, 2.05) is 45.0 Å². The molecule has 0 fully saturated rings. The topological polar surface area (TPSA) is 47.6 Å². The Labute approximate surface area is 121 Å². The Morgan fingerprint density at radius 2 is 1.85 bits per heavy atom. The van der Waals surface area contributed by atoms with Crippen LogP contribution in [0.2, 0.25) is 0 Å². The van der Waals surface area contributed by atoms with Gasteiger partial charge >= 0.3 is 5.97 Å². The predicted octanol–water partition coefficient (Wildman–Crippen LogP) is 3.08. The van der Waals surface area contributed by atoms with Gasteiger partial charge in [0, 0.05) is 0 Å². The normalized spacial score (nSPS) is 12.2. The number of carbonyl (C=O) groups excluding carboxylic acids is 1. The predicted molar refractivity (Wildman–Crippen MR) is 79.9 cm³/mol. The van der Waals surface area contributed by atoms with E-state index in [4.69, 9.17) is 9.47 Å². The smallest absolute Gasteiger partial charge is 0.327 e. The van der Waals surface area contributed by atoms with Crippen LogP contribution in [0.5, 0.6) is 5.75 Å². The number of hydrogen-bond acceptors (Lipinski definition) is 4. The highest BCUT2D eigenvalue weighted by Crippen LogP contribution is 2.20. The average Bonchev–Trinajstić information content (AvgIpc) is 2.40. The number of esters is 1. The molecule has 0 aliphatic carbocycles. The van der Waals surface area contributed by atoms with E-state index >= 15 is 0 Å². The number of nitrogens with one attached hydrogen (secondary N) is 1. The van der Waals surface area contributed by atoms with Crippen molar-refractivity contribution in [3.05, 3.63) is 29.8 Å². The van der Waals surface area contributed by atoms with E-state index < -0.39 is 6.04 Å². The van der Waals surface area contributed by atoms with Gasteiger partial charge in [0.1, 0.15) is 11.8 Å². The van der Waals surface area contributed by atoms with Crippen molar-refractivity contribution in [2.45, 2.75) is 46.3 Å². The van der Waals surface area contributed by atoms with Gasteiger partial charge in [-0.05, 0) is 51.4 Å². The molecule has 0 aliphatic rings. The maximum atomic E-state index is 12.0. The van der Waals surface area contributed by atoms with Crippen LogP contribution in [0.1, 0.15) is 45.7 Å². The summed E-state index contributed by atoms with van der Waals surface area (Å²) in [5.74, 6) is 0.570. The molecule has 0 spiro atoms. The third kappa shape index (κ3) is 5.21. The van der Waals surface area contributed by atoms with Crippen molar-refractivity contribution in [3.63, 3.8) is 0 Å². The monoisotopic (exact) mass is 279 g/mol. The van der Waals surface area contributed by atoms with Crippen LogP contribution in [-0.2, 0) is 9.53 Å². The Balaban J connectivity index is 2.81. The van der Waals surface area contributed by atoms with E-state index in [1.54, 1.807) is 0 Å². The Hall–Kier alpha value is -1.55. The first kappa shape index (κ1) is 16.5. The molecule has 4 nitrogen and oxygen atoms in total. The van der Waals surface area contributed by atoms with Gasteiger partial charge in [-0.25, -0.2) is 4.79 Å². The van der Waals surface area contributed by atoms with Crippen molar-refractivity contribution >= 4 is 5.97 Å². The highest BCUT2D eigenvalue weighted by Gasteiger charge is 2.20. The van der Waals surface area contributed by atoms with Crippen LogP contribution in [-0.4, -0.2) is 25.2 Å². The fraction of sp³-hybridized carbons (Fsp3) is 0.562. The van der Waals surface area contributed by atoms with Crippen molar-refractivity contribution in [2.75, 3.05) is 13.2 Å². The first-order chi connectivity index (χ1) is 9.58. The summed E-state index contributed by atoms with van der Waals surface area (Å²) in [7, 11) is 0. The summed E-state index contributed by atoms with van der Waals surface area (Å²) in [6.07, 6.45) is 1.10. The minimum Gasteiger partial charge on any atom is -0.491 e. The molecule has 1 aromatic rings. The molecule has 0 radical (unpaired) electrons. The molecule has 20 heavy (non-hydrogen) atoms. The molecule has 1 rings (SSSR count). The van der Waals surface area contributed by atoms with Crippen LogP contribution in [0.3, 0.4) is 0 Å². The zero-order valence-electron chi connectivity index (χ0n) is 12.8. The minimum absolute atomic E-state index is 0.139. The molecule has 0 aliphatic heterocycles. The molecule has 4 heteroatoms. The molecule has 0 aromatic heterocycles. The molecule has 0 saturated heterocycles. The van der Waals surface area contributed by atoms with Gasteiger partial charge in [-0.2, -0.15) is 0 Å². The Morgan fingerprint density at radius 1 is 1.20 bits per heavy atom. The summed E-state index contributed by atoms with van der Waals surface area (Å²) in [6, 6.07) is 7.16. The van der Waals surface area contributed by atoms with Gasteiger partial charge in [-0.15, -0.1) is 0 Å². The van der Waals surface area contributed by atoms with Gasteiger partial charge in [0.05, 0.1) is 12.7 Å². The van der Waals surface area contributed by atoms with Crippen molar-refractivity contribution in [2.24, 2.45) is 0 Å². The zero-order valence-corrected chi connectivity index (χ0v) is 12.8. The first-order valence-electron chi connectivity index (χ1n) is 7.25. The Morgan fingerprint density at radius 3 is 2.35 bits per heavy atom. The van der Waals surface area contributed by atoms with Crippen LogP contribution in [0.25, 0.3) is 0 Å². The quantitative estimate of drug-likeness (QED) is 0.743. The Bertz CT molecular complexity index is 401. The second-order valence-corrected chi connectivity index (χ2v) is 4.87. The lowest BCUT2D eigenvalue weighted by Gasteiger charge is -2.18. The summed E-state index contributed by atoms with van der Waals surface area (Å²) in [4.78, 5) is 12.0. The van der Waals surface area contributed by atoms with Gasteiger partial charge in [-0.3, -0.25) is 0 Å². The molecule has 1 unspecified atom stereocenters. The zero-order chi connectivity index (χ0) is 15.0.